The maximum absolute atomic E-state index is 12.5. The molecule has 0 saturated carbocycles. The average Bonchev–Trinajstić information content (AvgIpc) is 2.70. The molecule has 1 heterocycles. The monoisotopic (exact) mass is 293 g/mol. The minimum Gasteiger partial charge on any atom is -0.490 e. The molecule has 1 saturated heterocycles. The normalized spacial score (nSPS) is 15.1. The van der Waals surface area contributed by atoms with Crippen LogP contribution in [-0.2, 0) is 4.79 Å². The van der Waals surface area contributed by atoms with Crippen molar-refractivity contribution in [3.8, 4) is 5.75 Å². The highest BCUT2D eigenvalue weighted by Gasteiger charge is 2.27. The minimum atomic E-state index is -0.594. The number of carbonyl (C=O) groups is 2. The van der Waals surface area contributed by atoms with E-state index in [1.807, 2.05) is 0 Å². The molecule has 0 atom stereocenters. The second kappa shape index (κ2) is 6.21. The first-order chi connectivity index (χ1) is 10.0. The van der Waals surface area contributed by atoms with Gasteiger partial charge >= 0.3 is 5.69 Å². The van der Waals surface area contributed by atoms with Crippen molar-refractivity contribution in [1.29, 1.82) is 0 Å². The Morgan fingerprint density at radius 1 is 1.43 bits per heavy atom. The van der Waals surface area contributed by atoms with Gasteiger partial charge in [0.25, 0.3) is 5.91 Å². The van der Waals surface area contributed by atoms with Gasteiger partial charge in [0.2, 0.25) is 11.7 Å². The number of benzene rings is 1. The molecule has 1 N–H and O–H groups in total. The van der Waals surface area contributed by atoms with Crippen LogP contribution in [0.4, 0.5) is 5.69 Å². The van der Waals surface area contributed by atoms with Crippen LogP contribution in [0.5, 0.6) is 5.75 Å². The van der Waals surface area contributed by atoms with E-state index in [0.29, 0.717) is 13.1 Å². The fraction of sp³-hybridized carbons (Fsp3) is 0.385. The van der Waals surface area contributed by atoms with E-state index in [4.69, 9.17) is 4.74 Å². The molecule has 2 amide bonds. The first-order valence-corrected chi connectivity index (χ1v) is 6.42. The number of hydrogen-bond donors (Lipinski definition) is 1. The lowest BCUT2D eigenvalue weighted by atomic mass is 10.1. The first-order valence-electron chi connectivity index (χ1n) is 6.42. The van der Waals surface area contributed by atoms with E-state index in [1.165, 1.54) is 30.2 Å². The summed E-state index contributed by atoms with van der Waals surface area (Å²) in [4.78, 5) is 35.7. The molecule has 1 aromatic carbocycles. The standard InChI is InChI=1S/C13H15N3O5/c1-21-12-9(3-2-4-10(12)16(19)20)13(18)15-7-5-11(17)14-6-8-15/h2-4H,5-8H2,1H3,(H,14,17). The minimum absolute atomic E-state index is 0.0592. The topological polar surface area (TPSA) is 102 Å². The number of rotatable bonds is 3. The molecule has 8 heteroatoms. The number of nitrogens with one attached hydrogen (secondary N) is 1. The van der Waals surface area contributed by atoms with Crippen molar-refractivity contribution in [2.24, 2.45) is 0 Å². The van der Waals surface area contributed by atoms with E-state index >= 15 is 0 Å². The highest BCUT2D eigenvalue weighted by molar-refractivity contribution is 5.98. The lowest BCUT2D eigenvalue weighted by Crippen LogP contribution is -2.34. The van der Waals surface area contributed by atoms with Crippen LogP contribution >= 0.6 is 0 Å². The Kier molecular flexibility index (Phi) is 4.36. The number of para-hydroxylation sites is 1. The summed E-state index contributed by atoms with van der Waals surface area (Å²) in [7, 11) is 1.28. The molecule has 8 nitrogen and oxygen atoms in total. The van der Waals surface area contributed by atoms with E-state index in [-0.39, 0.29) is 41.8 Å². The van der Waals surface area contributed by atoms with Gasteiger partial charge in [0.05, 0.1) is 17.6 Å². The molecule has 0 radical (unpaired) electrons. The van der Waals surface area contributed by atoms with Gasteiger partial charge in [-0.15, -0.1) is 0 Å². The Bertz CT molecular complexity index is 587. The summed E-state index contributed by atoms with van der Waals surface area (Å²) >= 11 is 0. The molecule has 0 aromatic heterocycles. The van der Waals surface area contributed by atoms with Gasteiger partial charge in [-0.25, -0.2) is 0 Å². The number of methoxy groups -OCH3 is 1. The van der Waals surface area contributed by atoms with Crippen LogP contribution in [0.3, 0.4) is 0 Å². The van der Waals surface area contributed by atoms with Gasteiger partial charge in [0.1, 0.15) is 0 Å². The summed E-state index contributed by atoms with van der Waals surface area (Å²) in [6.07, 6.45) is 0.211. The number of nitrogens with zero attached hydrogens (tertiary/aromatic N) is 2. The number of amides is 2. The maximum atomic E-state index is 12.5. The summed E-state index contributed by atoms with van der Waals surface area (Å²) in [5.41, 5.74) is -0.131. The van der Waals surface area contributed by atoms with Crippen molar-refractivity contribution >= 4 is 17.5 Å². The SMILES string of the molecule is COc1c(C(=O)N2CCNC(=O)CC2)cccc1[N+](=O)[O-]. The van der Waals surface area contributed by atoms with Crippen LogP contribution < -0.4 is 10.1 Å². The third kappa shape index (κ3) is 3.10. The predicted octanol–water partition coefficient (Wildman–Crippen LogP) is 0.565. The van der Waals surface area contributed by atoms with Crippen LogP contribution in [-0.4, -0.2) is 48.4 Å². The smallest absolute Gasteiger partial charge is 0.311 e. The molecule has 2 rings (SSSR count). The van der Waals surface area contributed by atoms with E-state index < -0.39 is 4.92 Å². The van der Waals surface area contributed by atoms with E-state index in [1.54, 1.807) is 0 Å². The number of carbonyl (C=O) groups excluding carboxylic acids is 2. The molecule has 21 heavy (non-hydrogen) atoms. The van der Waals surface area contributed by atoms with Gasteiger partial charge in [-0.2, -0.15) is 0 Å². The number of hydrogen-bond acceptors (Lipinski definition) is 5. The van der Waals surface area contributed by atoms with Crippen LogP contribution in [0, 0.1) is 10.1 Å². The third-order valence-electron chi connectivity index (χ3n) is 3.23. The fourth-order valence-corrected chi connectivity index (χ4v) is 2.19. The third-order valence-corrected chi connectivity index (χ3v) is 3.23. The number of nitro benzene ring substituents is 1. The lowest BCUT2D eigenvalue weighted by Gasteiger charge is -2.20. The van der Waals surface area contributed by atoms with Gasteiger partial charge in [-0.05, 0) is 6.07 Å². The number of nitro groups is 1. The van der Waals surface area contributed by atoms with E-state index in [9.17, 15) is 19.7 Å². The van der Waals surface area contributed by atoms with Crippen molar-refractivity contribution in [3.63, 3.8) is 0 Å². The van der Waals surface area contributed by atoms with Crippen molar-refractivity contribution < 1.29 is 19.2 Å². The Hall–Kier alpha value is -2.64. The summed E-state index contributed by atoms with van der Waals surface area (Å²) in [5.74, 6) is -0.556. The van der Waals surface area contributed by atoms with Crippen LogP contribution in [0.25, 0.3) is 0 Å². The van der Waals surface area contributed by atoms with Gasteiger partial charge in [0, 0.05) is 32.1 Å². The average molecular weight is 293 g/mol. The van der Waals surface area contributed by atoms with E-state index in [0.717, 1.165) is 0 Å². The molecule has 0 unspecified atom stereocenters. The molecule has 0 bridgehead atoms. The zero-order valence-corrected chi connectivity index (χ0v) is 11.5. The van der Waals surface area contributed by atoms with Crippen molar-refractivity contribution in [2.75, 3.05) is 26.7 Å². The Morgan fingerprint density at radius 2 is 2.19 bits per heavy atom. The Labute approximate surface area is 120 Å². The number of ether oxygens (including phenoxy) is 1. The molecule has 1 fully saturated rings. The highest BCUT2D eigenvalue weighted by atomic mass is 16.6. The van der Waals surface area contributed by atoms with Gasteiger partial charge in [-0.1, -0.05) is 6.07 Å². The molecule has 0 aliphatic carbocycles. The zero-order chi connectivity index (χ0) is 15.4. The molecular weight excluding hydrogens is 278 g/mol. The summed E-state index contributed by atoms with van der Waals surface area (Å²) < 4.78 is 5.03. The van der Waals surface area contributed by atoms with E-state index in [2.05, 4.69) is 5.32 Å². The molecule has 1 aromatic rings. The van der Waals surface area contributed by atoms with Crippen LogP contribution in [0.1, 0.15) is 16.8 Å². The van der Waals surface area contributed by atoms with Gasteiger partial charge < -0.3 is 15.0 Å². The second-order valence-electron chi connectivity index (χ2n) is 4.51. The van der Waals surface area contributed by atoms with Crippen molar-refractivity contribution in [3.05, 3.63) is 33.9 Å². The fourth-order valence-electron chi connectivity index (χ4n) is 2.19. The lowest BCUT2D eigenvalue weighted by molar-refractivity contribution is -0.385. The highest BCUT2D eigenvalue weighted by Crippen LogP contribution is 2.31. The maximum Gasteiger partial charge on any atom is 0.311 e. The Morgan fingerprint density at radius 3 is 2.86 bits per heavy atom. The zero-order valence-electron chi connectivity index (χ0n) is 11.5. The summed E-state index contributed by atoms with van der Waals surface area (Å²) in [5, 5.41) is 13.6. The molecule has 1 aliphatic heterocycles. The summed E-state index contributed by atoms with van der Waals surface area (Å²) in [6.45, 7) is 0.995. The molecule has 0 spiro atoms. The second-order valence-corrected chi connectivity index (χ2v) is 4.51. The Balaban J connectivity index is 2.32. The predicted molar refractivity (Wildman–Crippen MR) is 73.2 cm³/mol. The summed E-state index contributed by atoms with van der Waals surface area (Å²) in [6, 6.07) is 4.20. The van der Waals surface area contributed by atoms with Crippen molar-refractivity contribution in [1.82, 2.24) is 10.2 Å². The largest absolute Gasteiger partial charge is 0.490 e. The molecule has 1 aliphatic rings. The first kappa shape index (κ1) is 14.8. The van der Waals surface area contributed by atoms with Gasteiger partial charge in [-0.3, -0.25) is 19.7 Å². The molecular formula is C13H15N3O5. The quantitative estimate of drug-likeness (QED) is 0.648. The van der Waals surface area contributed by atoms with Crippen LogP contribution in [0.15, 0.2) is 18.2 Å². The van der Waals surface area contributed by atoms with Crippen LogP contribution in [0.2, 0.25) is 0 Å². The molecule has 112 valence electrons. The van der Waals surface area contributed by atoms with Crippen molar-refractivity contribution in [2.45, 2.75) is 6.42 Å². The van der Waals surface area contributed by atoms with Gasteiger partial charge in [0.15, 0.2) is 0 Å².